The SMILES string of the molecule is CCCP(CCC)c1ccccc1.CCCP(CCC)c1ccccc1.[Pd]. The van der Waals surface area contributed by atoms with Crippen LogP contribution in [0.4, 0.5) is 0 Å². The van der Waals surface area contributed by atoms with E-state index in [2.05, 4.69) is 88.4 Å². The minimum Gasteiger partial charge on any atom is -0.0753 e. The second kappa shape index (κ2) is 18.0. The summed E-state index contributed by atoms with van der Waals surface area (Å²) in [6.45, 7) is 9.14. The van der Waals surface area contributed by atoms with Crippen molar-refractivity contribution in [3.8, 4) is 0 Å². The van der Waals surface area contributed by atoms with E-state index in [-0.39, 0.29) is 36.3 Å². The minimum atomic E-state index is 0. The molecule has 0 nitrogen and oxygen atoms in total. The third-order valence-electron chi connectivity index (χ3n) is 4.22. The van der Waals surface area contributed by atoms with E-state index in [1.165, 1.54) is 50.3 Å². The van der Waals surface area contributed by atoms with Crippen molar-refractivity contribution in [1.29, 1.82) is 0 Å². The van der Waals surface area contributed by atoms with Crippen LogP contribution in [0.2, 0.25) is 0 Å². The predicted octanol–water partition coefficient (Wildman–Crippen LogP) is 7.23. The van der Waals surface area contributed by atoms with Crippen molar-refractivity contribution < 1.29 is 20.4 Å². The van der Waals surface area contributed by atoms with Gasteiger partial charge in [0.05, 0.1) is 0 Å². The van der Waals surface area contributed by atoms with Gasteiger partial charge in [-0.2, -0.15) is 0 Å². The second-order valence-corrected chi connectivity index (χ2v) is 11.6. The molecule has 2 rings (SSSR count). The summed E-state index contributed by atoms with van der Waals surface area (Å²) in [6, 6.07) is 22.0. The third kappa shape index (κ3) is 11.5. The van der Waals surface area contributed by atoms with Crippen molar-refractivity contribution in [2.45, 2.75) is 53.4 Å². The zero-order chi connectivity index (χ0) is 19.0. The summed E-state index contributed by atoms with van der Waals surface area (Å²) in [5.74, 6) is 0. The van der Waals surface area contributed by atoms with Crippen LogP contribution in [-0.2, 0) is 20.4 Å². The zero-order valence-corrected chi connectivity index (χ0v) is 21.0. The van der Waals surface area contributed by atoms with Gasteiger partial charge in [-0.3, -0.25) is 0 Å². The van der Waals surface area contributed by atoms with E-state index in [0.717, 1.165) is 0 Å². The molecule has 0 N–H and O–H groups in total. The van der Waals surface area contributed by atoms with Crippen molar-refractivity contribution in [3.63, 3.8) is 0 Å². The maximum absolute atomic E-state index is 2.29. The van der Waals surface area contributed by atoms with Gasteiger partial charge >= 0.3 is 0 Å². The number of rotatable bonds is 10. The molecule has 0 heterocycles. The van der Waals surface area contributed by atoms with Crippen LogP contribution < -0.4 is 10.6 Å². The normalized spacial score (nSPS) is 10.3. The quantitative estimate of drug-likeness (QED) is 0.241. The Morgan fingerprint density at radius 2 is 0.741 bits per heavy atom. The third-order valence-corrected chi connectivity index (χ3v) is 10.2. The summed E-state index contributed by atoms with van der Waals surface area (Å²) in [6.07, 6.45) is 10.9. The summed E-state index contributed by atoms with van der Waals surface area (Å²) in [5, 5.41) is 3.17. The van der Waals surface area contributed by atoms with Crippen molar-refractivity contribution in [1.82, 2.24) is 0 Å². The molecule has 0 bridgehead atoms. The molecule has 0 fully saturated rings. The van der Waals surface area contributed by atoms with Crippen LogP contribution in [0.5, 0.6) is 0 Å². The average Bonchev–Trinajstić information content (AvgIpc) is 2.69. The fourth-order valence-electron chi connectivity index (χ4n) is 3.10. The van der Waals surface area contributed by atoms with E-state index in [9.17, 15) is 0 Å². The Morgan fingerprint density at radius 1 is 0.481 bits per heavy atom. The van der Waals surface area contributed by atoms with Crippen LogP contribution in [-0.4, -0.2) is 24.6 Å². The zero-order valence-electron chi connectivity index (χ0n) is 17.6. The molecule has 154 valence electrons. The Kier molecular flexibility index (Phi) is 18.0. The standard InChI is InChI=1S/2C12H19P.Pd/c2*1-3-10-13(11-4-2)12-8-6-5-7-9-12;/h2*5-9H,3-4,10-11H2,1-2H3;. The van der Waals surface area contributed by atoms with Gasteiger partial charge in [-0.05, 0) is 35.3 Å². The van der Waals surface area contributed by atoms with Crippen LogP contribution in [0.25, 0.3) is 0 Å². The molecule has 0 radical (unpaired) electrons. The molecule has 0 saturated heterocycles. The number of hydrogen-bond donors (Lipinski definition) is 0. The Labute approximate surface area is 185 Å². The smallest absolute Gasteiger partial charge is 0 e. The maximum Gasteiger partial charge on any atom is 0 e. The minimum absolute atomic E-state index is 0. The molecule has 0 amide bonds. The molecule has 0 aliphatic rings. The molecule has 2 aromatic rings. The molecule has 0 atom stereocenters. The average molecular weight is 495 g/mol. The largest absolute Gasteiger partial charge is 0.0753 e. The summed E-state index contributed by atoms with van der Waals surface area (Å²) >= 11 is 0. The molecule has 0 aromatic heterocycles. The molecular formula is C24H38P2Pd. The van der Waals surface area contributed by atoms with E-state index in [1.807, 2.05) is 0 Å². The van der Waals surface area contributed by atoms with Gasteiger partial charge in [0.2, 0.25) is 0 Å². The molecule has 3 heteroatoms. The summed E-state index contributed by atoms with van der Waals surface area (Å²) in [7, 11) is 0.288. The van der Waals surface area contributed by atoms with Crippen molar-refractivity contribution in [2.75, 3.05) is 24.6 Å². The molecule has 0 aliphatic carbocycles. The summed E-state index contributed by atoms with van der Waals surface area (Å²) < 4.78 is 0. The van der Waals surface area contributed by atoms with Gasteiger partial charge in [-0.25, -0.2) is 0 Å². The van der Waals surface area contributed by atoms with Gasteiger partial charge in [0.25, 0.3) is 0 Å². The topological polar surface area (TPSA) is 0 Å². The fourth-order valence-corrected chi connectivity index (χ4v) is 7.92. The number of benzene rings is 2. The van der Waals surface area contributed by atoms with Gasteiger partial charge in [-0.1, -0.05) is 130 Å². The Balaban J connectivity index is 0.000000483. The van der Waals surface area contributed by atoms with Crippen LogP contribution >= 0.6 is 15.8 Å². The van der Waals surface area contributed by atoms with E-state index < -0.39 is 0 Å². The first kappa shape index (κ1) is 27.0. The molecule has 0 unspecified atom stereocenters. The van der Waals surface area contributed by atoms with Gasteiger partial charge in [0, 0.05) is 20.4 Å². The number of hydrogen-bond acceptors (Lipinski definition) is 0. The van der Waals surface area contributed by atoms with Crippen LogP contribution in [0, 0.1) is 0 Å². The Morgan fingerprint density at radius 3 is 0.963 bits per heavy atom. The summed E-state index contributed by atoms with van der Waals surface area (Å²) in [5.41, 5.74) is 0. The molecule has 0 aliphatic heterocycles. The van der Waals surface area contributed by atoms with Crippen molar-refractivity contribution in [3.05, 3.63) is 60.7 Å². The van der Waals surface area contributed by atoms with E-state index in [1.54, 1.807) is 10.6 Å². The van der Waals surface area contributed by atoms with E-state index in [4.69, 9.17) is 0 Å². The summed E-state index contributed by atoms with van der Waals surface area (Å²) in [4.78, 5) is 0. The van der Waals surface area contributed by atoms with Crippen LogP contribution in [0.3, 0.4) is 0 Å². The van der Waals surface area contributed by atoms with Crippen LogP contribution in [0.1, 0.15) is 53.4 Å². The first-order valence-corrected chi connectivity index (χ1v) is 13.8. The Bertz CT molecular complexity index is 481. The fraction of sp³-hybridized carbons (Fsp3) is 0.500. The van der Waals surface area contributed by atoms with Gasteiger partial charge in [0.1, 0.15) is 0 Å². The van der Waals surface area contributed by atoms with Gasteiger partial charge in [-0.15, -0.1) is 0 Å². The van der Waals surface area contributed by atoms with Crippen molar-refractivity contribution >= 4 is 26.5 Å². The van der Waals surface area contributed by atoms with Crippen molar-refractivity contribution in [2.24, 2.45) is 0 Å². The molecule has 0 saturated carbocycles. The van der Waals surface area contributed by atoms with E-state index in [0.29, 0.717) is 0 Å². The second-order valence-electron chi connectivity index (χ2n) is 6.65. The first-order chi connectivity index (χ1) is 12.8. The van der Waals surface area contributed by atoms with Gasteiger partial charge in [0.15, 0.2) is 0 Å². The monoisotopic (exact) mass is 494 g/mol. The predicted molar refractivity (Wildman–Crippen MR) is 127 cm³/mol. The molecule has 0 spiro atoms. The van der Waals surface area contributed by atoms with Gasteiger partial charge < -0.3 is 0 Å². The molecule has 27 heavy (non-hydrogen) atoms. The first-order valence-electron chi connectivity index (χ1n) is 10.4. The van der Waals surface area contributed by atoms with Crippen LogP contribution in [0.15, 0.2) is 60.7 Å². The molecule has 2 aromatic carbocycles. The maximum atomic E-state index is 2.29. The Hall–Kier alpha value is -0.0377. The molecular weight excluding hydrogens is 457 g/mol. The van der Waals surface area contributed by atoms with E-state index >= 15 is 0 Å².